The summed E-state index contributed by atoms with van der Waals surface area (Å²) >= 11 is 0. The molecular weight excluding hydrogens is 407 g/mol. The van der Waals surface area contributed by atoms with Crippen molar-refractivity contribution in [2.75, 3.05) is 6.54 Å². The van der Waals surface area contributed by atoms with Gasteiger partial charge in [-0.3, -0.25) is 0 Å². The summed E-state index contributed by atoms with van der Waals surface area (Å²) in [5.74, 6) is 0. The lowest BCUT2D eigenvalue weighted by molar-refractivity contribution is 0.00578. The van der Waals surface area contributed by atoms with Crippen LogP contribution < -0.4 is 10.5 Å². The Morgan fingerprint density at radius 2 is 1.77 bits per heavy atom. The van der Waals surface area contributed by atoms with E-state index in [0.29, 0.717) is 11.0 Å². The standard InChI is InChI=1S/C20H31BN2O6S/c1-18(2,3)27-17(24)23-13-15(21-28-19(4,5)20(6,7)29-21)11-14-9-8-10-16(12-14)30(22,25)26/h8-12H,13H2,1-7H3,(H,23,24)(H2,22,25,26). The highest BCUT2D eigenvalue weighted by Crippen LogP contribution is 2.38. The van der Waals surface area contributed by atoms with Gasteiger partial charge in [-0.15, -0.1) is 0 Å². The van der Waals surface area contributed by atoms with E-state index in [1.165, 1.54) is 12.1 Å². The summed E-state index contributed by atoms with van der Waals surface area (Å²) in [6.45, 7) is 13.1. The number of nitrogens with two attached hydrogens (primary N) is 1. The van der Waals surface area contributed by atoms with Crippen molar-refractivity contribution < 1.29 is 27.3 Å². The van der Waals surface area contributed by atoms with Crippen LogP contribution in [0, 0.1) is 0 Å². The van der Waals surface area contributed by atoms with Gasteiger partial charge in [-0.2, -0.15) is 0 Å². The van der Waals surface area contributed by atoms with Crippen molar-refractivity contribution >= 4 is 29.3 Å². The third-order valence-corrected chi connectivity index (χ3v) is 5.84. The second-order valence-electron chi connectivity index (χ2n) is 9.28. The van der Waals surface area contributed by atoms with E-state index in [-0.39, 0.29) is 11.4 Å². The van der Waals surface area contributed by atoms with Gasteiger partial charge in [0.2, 0.25) is 10.0 Å². The number of amides is 1. The molecule has 1 fully saturated rings. The van der Waals surface area contributed by atoms with Crippen LogP contribution >= 0.6 is 0 Å². The van der Waals surface area contributed by atoms with Crippen molar-refractivity contribution in [3.63, 3.8) is 0 Å². The molecule has 0 aliphatic carbocycles. The zero-order valence-corrected chi connectivity index (χ0v) is 19.4. The van der Waals surface area contributed by atoms with Crippen LogP contribution in [0.15, 0.2) is 34.6 Å². The Hall–Kier alpha value is -1.88. The first-order valence-corrected chi connectivity index (χ1v) is 11.2. The fraction of sp³-hybridized carbons (Fsp3) is 0.550. The normalized spacial score (nSPS) is 18.9. The summed E-state index contributed by atoms with van der Waals surface area (Å²) in [5.41, 5.74) is -0.610. The molecule has 8 nitrogen and oxygen atoms in total. The number of ether oxygens (including phenoxy) is 1. The summed E-state index contributed by atoms with van der Waals surface area (Å²) in [6, 6.07) is 6.19. The Morgan fingerprint density at radius 3 is 2.27 bits per heavy atom. The Morgan fingerprint density at radius 1 is 1.20 bits per heavy atom. The average molecular weight is 438 g/mol. The monoisotopic (exact) mass is 438 g/mol. The highest BCUT2D eigenvalue weighted by molar-refractivity contribution is 7.89. The van der Waals surface area contributed by atoms with E-state index in [4.69, 9.17) is 19.2 Å². The molecule has 166 valence electrons. The maximum atomic E-state index is 12.1. The molecule has 0 atom stereocenters. The molecule has 0 bridgehead atoms. The molecule has 0 spiro atoms. The van der Waals surface area contributed by atoms with Crippen molar-refractivity contribution in [2.45, 2.75) is 70.2 Å². The molecule has 0 radical (unpaired) electrons. The largest absolute Gasteiger partial charge is 0.492 e. The van der Waals surface area contributed by atoms with Gasteiger partial charge in [-0.1, -0.05) is 18.2 Å². The molecule has 1 saturated heterocycles. The summed E-state index contributed by atoms with van der Waals surface area (Å²) in [5, 5.41) is 7.94. The average Bonchev–Trinajstić information content (AvgIpc) is 2.77. The minimum Gasteiger partial charge on any atom is -0.444 e. The van der Waals surface area contributed by atoms with Gasteiger partial charge in [0, 0.05) is 6.54 Å². The smallest absolute Gasteiger partial charge is 0.444 e. The zero-order valence-electron chi connectivity index (χ0n) is 18.6. The molecule has 30 heavy (non-hydrogen) atoms. The van der Waals surface area contributed by atoms with E-state index < -0.39 is 40.0 Å². The van der Waals surface area contributed by atoms with Crippen molar-refractivity contribution in [1.82, 2.24) is 5.32 Å². The molecule has 2 rings (SSSR count). The van der Waals surface area contributed by atoms with E-state index in [1.54, 1.807) is 39.0 Å². The Bertz CT molecular complexity index is 919. The number of nitrogens with one attached hydrogen (secondary N) is 1. The molecule has 0 aromatic heterocycles. The summed E-state index contributed by atoms with van der Waals surface area (Å²) in [7, 11) is -4.58. The Labute approximate surface area is 179 Å². The van der Waals surface area contributed by atoms with Crippen LogP contribution in [-0.2, 0) is 24.1 Å². The highest BCUT2D eigenvalue weighted by atomic mass is 32.2. The highest BCUT2D eigenvalue weighted by Gasteiger charge is 2.52. The van der Waals surface area contributed by atoms with Gasteiger partial charge in [-0.05, 0) is 71.6 Å². The number of hydrogen-bond donors (Lipinski definition) is 2. The SMILES string of the molecule is CC(C)(C)OC(=O)NCC(=Cc1cccc(S(N)(=O)=O)c1)B1OC(C)(C)C(C)(C)O1. The van der Waals surface area contributed by atoms with E-state index in [9.17, 15) is 13.2 Å². The van der Waals surface area contributed by atoms with Crippen LogP contribution in [0.2, 0.25) is 0 Å². The first-order valence-electron chi connectivity index (χ1n) is 9.66. The number of sulfonamides is 1. The maximum Gasteiger partial charge on any atom is 0.492 e. The van der Waals surface area contributed by atoms with E-state index in [1.807, 2.05) is 27.7 Å². The zero-order chi connectivity index (χ0) is 23.0. The predicted molar refractivity (Wildman–Crippen MR) is 116 cm³/mol. The van der Waals surface area contributed by atoms with E-state index in [2.05, 4.69) is 5.32 Å². The third kappa shape index (κ3) is 6.31. The first-order chi connectivity index (χ1) is 13.5. The second-order valence-corrected chi connectivity index (χ2v) is 10.8. The minimum atomic E-state index is -3.84. The van der Waals surface area contributed by atoms with Gasteiger partial charge in [0.05, 0.1) is 16.1 Å². The van der Waals surface area contributed by atoms with Crippen LogP contribution in [0.25, 0.3) is 6.08 Å². The van der Waals surface area contributed by atoms with Gasteiger partial charge in [0.15, 0.2) is 0 Å². The van der Waals surface area contributed by atoms with Crippen LogP contribution in [0.1, 0.15) is 54.0 Å². The lowest BCUT2D eigenvalue weighted by Crippen LogP contribution is -2.41. The molecule has 1 aromatic rings. The molecule has 1 aliphatic heterocycles. The molecule has 3 N–H and O–H groups in total. The van der Waals surface area contributed by atoms with Crippen LogP contribution in [0.4, 0.5) is 4.79 Å². The van der Waals surface area contributed by atoms with Gasteiger partial charge in [0.1, 0.15) is 5.60 Å². The number of primary sulfonamides is 1. The van der Waals surface area contributed by atoms with Gasteiger partial charge < -0.3 is 19.4 Å². The summed E-state index contributed by atoms with van der Waals surface area (Å²) in [4.78, 5) is 12.1. The summed E-state index contributed by atoms with van der Waals surface area (Å²) < 4.78 is 40.9. The second kappa shape index (κ2) is 8.34. The van der Waals surface area contributed by atoms with Crippen molar-refractivity contribution in [1.29, 1.82) is 0 Å². The number of carbonyl (C=O) groups excluding carboxylic acids is 1. The lowest BCUT2D eigenvalue weighted by atomic mass is 9.77. The maximum absolute atomic E-state index is 12.1. The van der Waals surface area contributed by atoms with Crippen LogP contribution in [0.3, 0.4) is 0 Å². The minimum absolute atomic E-state index is 0.00961. The van der Waals surface area contributed by atoms with Gasteiger partial charge in [0.25, 0.3) is 0 Å². The molecular formula is C20H31BN2O6S. The molecule has 0 saturated carbocycles. The topological polar surface area (TPSA) is 117 Å². The van der Waals surface area contributed by atoms with Crippen LogP contribution in [-0.4, -0.2) is 45.0 Å². The molecule has 1 heterocycles. The first kappa shape index (κ1) is 24.4. The van der Waals surface area contributed by atoms with Crippen molar-refractivity contribution in [2.24, 2.45) is 5.14 Å². The lowest BCUT2D eigenvalue weighted by Gasteiger charge is -2.32. The molecule has 1 aliphatic rings. The number of carbonyl (C=O) groups is 1. The molecule has 10 heteroatoms. The third-order valence-electron chi connectivity index (χ3n) is 4.93. The summed E-state index contributed by atoms with van der Waals surface area (Å²) in [6.07, 6.45) is 1.14. The number of benzene rings is 1. The van der Waals surface area contributed by atoms with Crippen molar-refractivity contribution in [3.05, 3.63) is 35.3 Å². The number of rotatable bonds is 5. The van der Waals surface area contributed by atoms with E-state index >= 15 is 0 Å². The molecule has 0 unspecified atom stereocenters. The number of alkyl carbamates (subject to hydrolysis) is 1. The molecule has 1 amide bonds. The van der Waals surface area contributed by atoms with Gasteiger partial charge in [-0.25, -0.2) is 18.4 Å². The molecule has 1 aromatic carbocycles. The quantitative estimate of drug-likeness (QED) is 0.683. The fourth-order valence-electron chi connectivity index (χ4n) is 2.68. The van der Waals surface area contributed by atoms with E-state index in [0.717, 1.165) is 0 Å². The fourth-order valence-corrected chi connectivity index (χ4v) is 3.25. The predicted octanol–water partition coefficient (Wildman–Crippen LogP) is 2.87. The Kier molecular flexibility index (Phi) is 6.78. The number of hydrogen-bond acceptors (Lipinski definition) is 6. The van der Waals surface area contributed by atoms with Crippen molar-refractivity contribution in [3.8, 4) is 0 Å². The van der Waals surface area contributed by atoms with Crippen LogP contribution in [0.5, 0.6) is 0 Å². The Balaban J connectivity index is 2.35. The van der Waals surface area contributed by atoms with Gasteiger partial charge >= 0.3 is 13.2 Å².